The first-order chi connectivity index (χ1) is 6.43. The van der Waals surface area contributed by atoms with Crippen molar-refractivity contribution in [3.05, 3.63) is 21.9 Å². The maximum Gasteiger partial charge on any atom is 0.270 e. The van der Waals surface area contributed by atoms with Gasteiger partial charge >= 0.3 is 0 Å². The molecule has 0 aliphatic heterocycles. The summed E-state index contributed by atoms with van der Waals surface area (Å²) >= 11 is 7.95. The molecule has 0 saturated heterocycles. The summed E-state index contributed by atoms with van der Waals surface area (Å²) in [5.74, 6) is 0. The normalized spacial score (nSPS) is 10.6. The second kappa shape index (κ2) is 4.18. The van der Waals surface area contributed by atoms with Gasteiger partial charge in [0.05, 0.1) is 5.69 Å². The van der Waals surface area contributed by atoms with Crippen LogP contribution in [0.3, 0.4) is 0 Å². The highest BCUT2D eigenvalue weighted by molar-refractivity contribution is 9.10. The van der Waals surface area contributed by atoms with Crippen LogP contribution < -0.4 is 5.73 Å². The average molecular weight is 285 g/mol. The van der Waals surface area contributed by atoms with Crippen LogP contribution in [0.15, 0.2) is 10.7 Å². The zero-order valence-electron chi connectivity index (χ0n) is 6.60. The predicted molar refractivity (Wildman–Crippen MR) is 51.5 cm³/mol. The molecule has 3 nitrogen and oxygen atoms in total. The van der Waals surface area contributed by atoms with Gasteiger partial charge in [-0.15, -0.1) is 0 Å². The molecule has 0 aromatic carbocycles. The summed E-state index contributed by atoms with van der Waals surface area (Å²) in [5.41, 5.74) is 4.39. The molecule has 7 heteroatoms. The zero-order valence-corrected chi connectivity index (χ0v) is 8.94. The molecule has 1 rings (SSSR count). The van der Waals surface area contributed by atoms with Crippen molar-refractivity contribution in [1.29, 1.82) is 0 Å². The number of hydrogen-bond acceptors (Lipinski definition) is 3. The Bertz CT molecular complexity index is 386. The molecule has 0 atom stereocenters. The molecule has 0 aliphatic rings. The van der Waals surface area contributed by atoms with Crippen molar-refractivity contribution >= 4 is 38.5 Å². The van der Waals surface area contributed by atoms with Crippen molar-refractivity contribution in [2.24, 2.45) is 0 Å². The number of carbonyl (C=O) groups excluding carboxylic acids is 1. The van der Waals surface area contributed by atoms with Crippen LogP contribution in [0.25, 0.3) is 0 Å². The van der Waals surface area contributed by atoms with E-state index in [9.17, 15) is 13.6 Å². The lowest BCUT2D eigenvalue weighted by atomic mass is 10.2. The Morgan fingerprint density at radius 3 is 2.64 bits per heavy atom. The van der Waals surface area contributed by atoms with Crippen molar-refractivity contribution in [2.45, 2.75) is 6.43 Å². The number of carbonyl (C=O) groups is 1. The number of rotatable bonds is 2. The Kier molecular flexibility index (Phi) is 3.38. The van der Waals surface area contributed by atoms with Gasteiger partial charge < -0.3 is 5.73 Å². The molecule has 0 amide bonds. The third-order valence-corrected chi connectivity index (χ3v) is 2.28. The lowest BCUT2D eigenvalue weighted by molar-refractivity contribution is 0.107. The van der Waals surface area contributed by atoms with Gasteiger partial charge in [0.1, 0.15) is 10.3 Å². The van der Waals surface area contributed by atoms with Gasteiger partial charge in [0.15, 0.2) is 0 Å². The SMILES string of the molecule is Nc1c(C(F)F)cc(C(=O)Cl)nc1Br. The molecule has 76 valence electrons. The molecule has 14 heavy (non-hydrogen) atoms. The third-order valence-electron chi connectivity index (χ3n) is 1.48. The van der Waals surface area contributed by atoms with E-state index in [1.165, 1.54) is 0 Å². The molecule has 0 bridgehead atoms. The summed E-state index contributed by atoms with van der Waals surface area (Å²) in [7, 11) is 0. The number of pyridine rings is 1. The molecular weight excluding hydrogens is 281 g/mol. The number of hydrogen-bond donors (Lipinski definition) is 1. The Morgan fingerprint density at radius 2 is 2.21 bits per heavy atom. The minimum Gasteiger partial charge on any atom is -0.396 e. The summed E-state index contributed by atoms with van der Waals surface area (Å²) in [5, 5.41) is -0.910. The van der Waals surface area contributed by atoms with Crippen LogP contribution >= 0.6 is 27.5 Å². The van der Waals surface area contributed by atoms with Crippen LogP contribution in [0.4, 0.5) is 14.5 Å². The molecule has 0 aliphatic carbocycles. The van der Waals surface area contributed by atoms with E-state index >= 15 is 0 Å². The van der Waals surface area contributed by atoms with E-state index in [1.54, 1.807) is 0 Å². The number of aromatic nitrogens is 1. The Morgan fingerprint density at radius 1 is 1.64 bits per heavy atom. The van der Waals surface area contributed by atoms with Crippen molar-refractivity contribution in [3.63, 3.8) is 0 Å². The van der Waals surface area contributed by atoms with Gasteiger partial charge in [-0.3, -0.25) is 4.79 Å². The third kappa shape index (κ3) is 2.19. The lowest BCUT2D eigenvalue weighted by Crippen LogP contribution is -2.03. The molecule has 0 fully saturated rings. The highest BCUT2D eigenvalue weighted by Gasteiger charge is 2.18. The fourth-order valence-corrected chi connectivity index (χ4v) is 1.34. The monoisotopic (exact) mass is 284 g/mol. The molecule has 1 heterocycles. The molecule has 0 spiro atoms. The molecule has 2 N–H and O–H groups in total. The standard InChI is InChI=1S/C7H4BrClF2N2O/c8-5-4(12)2(7(10)11)1-3(13-5)6(9)14/h1,7H,12H2. The molecule has 0 saturated carbocycles. The maximum absolute atomic E-state index is 12.4. The Hall–Kier alpha value is -0.750. The van der Waals surface area contributed by atoms with Crippen molar-refractivity contribution in [1.82, 2.24) is 4.98 Å². The number of alkyl halides is 2. The van der Waals surface area contributed by atoms with Crippen LogP contribution in [-0.4, -0.2) is 10.2 Å². The van der Waals surface area contributed by atoms with Crippen molar-refractivity contribution < 1.29 is 13.6 Å². The number of anilines is 1. The summed E-state index contributed by atoms with van der Waals surface area (Å²) in [4.78, 5) is 14.3. The highest BCUT2D eigenvalue weighted by Crippen LogP contribution is 2.30. The van der Waals surface area contributed by atoms with Gasteiger partial charge in [-0.25, -0.2) is 13.8 Å². The molecule has 1 aromatic heterocycles. The van der Waals surface area contributed by atoms with Crippen LogP contribution in [0.5, 0.6) is 0 Å². The first-order valence-corrected chi connectivity index (χ1v) is 4.54. The first-order valence-electron chi connectivity index (χ1n) is 3.37. The first kappa shape index (κ1) is 11.3. The smallest absolute Gasteiger partial charge is 0.270 e. The molecule has 0 unspecified atom stereocenters. The van der Waals surface area contributed by atoms with Crippen LogP contribution in [0.2, 0.25) is 0 Å². The molecule has 1 aromatic rings. The van der Waals surface area contributed by atoms with E-state index in [0.717, 1.165) is 6.07 Å². The predicted octanol–water partition coefficient (Wildman–Crippen LogP) is 2.74. The quantitative estimate of drug-likeness (QED) is 0.671. The number of nitrogens with zero attached hydrogens (tertiary/aromatic N) is 1. The minimum absolute atomic E-state index is 0.0145. The summed E-state index contributed by atoms with van der Waals surface area (Å²) < 4.78 is 24.7. The van der Waals surface area contributed by atoms with E-state index in [-0.39, 0.29) is 16.0 Å². The van der Waals surface area contributed by atoms with Gasteiger partial charge in [0.25, 0.3) is 11.7 Å². The largest absolute Gasteiger partial charge is 0.396 e. The highest BCUT2D eigenvalue weighted by atomic mass is 79.9. The zero-order chi connectivity index (χ0) is 10.9. The summed E-state index contributed by atoms with van der Waals surface area (Å²) in [6, 6.07) is 0.875. The average Bonchev–Trinajstić information content (AvgIpc) is 2.08. The van der Waals surface area contributed by atoms with Gasteiger partial charge in [0.2, 0.25) is 0 Å². The van der Waals surface area contributed by atoms with Crippen LogP contribution in [-0.2, 0) is 0 Å². The topological polar surface area (TPSA) is 56.0 Å². The second-order valence-electron chi connectivity index (χ2n) is 2.38. The molecule has 0 radical (unpaired) electrons. The fourth-order valence-electron chi connectivity index (χ4n) is 0.824. The van der Waals surface area contributed by atoms with Crippen LogP contribution in [0.1, 0.15) is 22.5 Å². The summed E-state index contributed by atoms with van der Waals surface area (Å²) in [6.07, 6.45) is -2.77. The Balaban J connectivity index is 3.35. The number of halogens is 4. The van der Waals surface area contributed by atoms with Gasteiger partial charge in [-0.05, 0) is 33.6 Å². The Labute approximate surface area is 91.4 Å². The van der Waals surface area contributed by atoms with E-state index in [1.807, 2.05) is 0 Å². The van der Waals surface area contributed by atoms with Crippen LogP contribution in [0, 0.1) is 0 Å². The van der Waals surface area contributed by atoms with Gasteiger partial charge in [-0.1, -0.05) is 0 Å². The van der Waals surface area contributed by atoms with Crippen molar-refractivity contribution in [2.75, 3.05) is 5.73 Å². The second-order valence-corrected chi connectivity index (χ2v) is 3.47. The van der Waals surface area contributed by atoms with E-state index in [4.69, 9.17) is 17.3 Å². The van der Waals surface area contributed by atoms with Crippen molar-refractivity contribution in [3.8, 4) is 0 Å². The fraction of sp³-hybridized carbons (Fsp3) is 0.143. The van der Waals surface area contributed by atoms with E-state index in [0.29, 0.717) is 0 Å². The maximum atomic E-state index is 12.4. The minimum atomic E-state index is -2.77. The van der Waals surface area contributed by atoms with E-state index in [2.05, 4.69) is 20.9 Å². The van der Waals surface area contributed by atoms with E-state index < -0.39 is 17.2 Å². The number of nitrogen functional groups attached to an aromatic ring is 1. The van der Waals surface area contributed by atoms with Gasteiger partial charge in [0, 0.05) is 5.56 Å². The lowest BCUT2D eigenvalue weighted by Gasteiger charge is -2.06. The van der Waals surface area contributed by atoms with Gasteiger partial charge in [-0.2, -0.15) is 0 Å². The molecular formula is C7H4BrClF2N2O. The number of nitrogens with two attached hydrogens (primary N) is 1. The summed E-state index contributed by atoms with van der Waals surface area (Å²) in [6.45, 7) is 0.